The summed E-state index contributed by atoms with van der Waals surface area (Å²) in [5.74, 6) is -2.21. The van der Waals surface area contributed by atoms with Crippen molar-refractivity contribution in [3.05, 3.63) is 81.2 Å². The van der Waals surface area contributed by atoms with Crippen molar-refractivity contribution in [1.82, 2.24) is 5.32 Å². The Hall–Kier alpha value is -4.46. The highest BCUT2D eigenvalue weighted by Crippen LogP contribution is 2.35. The number of amides is 5. The van der Waals surface area contributed by atoms with Crippen LogP contribution in [0.3, 0.4) is 0 Å². The van der Waals surface area contributed by atoms with Crippen LogP contribution in [-0.2, 0) is 14.4 Å². The van der Waals surface area contributed by atoms with E-state index in [9.17, 15) is 28.7 Å². The molecule has 0 unspecified atom stereocenters. The van der Waals surface area contributed by atoms with Gasteiger partial charge in [-0.2, -0.15) is 0 Å². The first kappa shape index (κ1) is 26.6. The van der Waals surface area contributed by atoms with E-state index in [1.54, 1.807) is 6.07 Å². The molecule has 12 heteroatoms. The second-order valence-corrected chi connectivity index (χ2v) is 9.01. The molecule has 5 amide bonds. The molecule has 0 saturated carbocycles. The fourth-order valence-electron chi connectivity index (χ4n) is 3.49. The Labute approximate surface area is 229 Å². The van der Waals surface area contributed by atoms with Gasteiger partial charge in [0.25, 0.3) is 17.7 Å². The van der Waals surface area contributed by atoms with Crippen molar-refractivity contribution in [2.24, 2.45) is 0 Å². The quantitative estimate of drug-likeness (QED) is 0.205. The van der Waals surface area contributed by atoms with E-state index in [1.165, 1.54) is 67.8 Å². The summed E-state index contributed by atoms with van der Waals surface area (Å²) < 4.78 is 24.6. The Bertz CT molecular complexity index is 1460. The first-order valence-electron chi connectivity index (χ1n) is 10.9. The Morgan fingerprint density at radius 2 is 1.79 bits per heavy atom. The number of phenolic OH excluding ortho intramolecular Hbond substituents is 1. The molecule has 0 bridgehead atoms. The molecule has 1 aliphatic heterocycles. The average Bonchev–Trinajstić information content (AvgIpc) is 2.88. The molecule has 3 aromatic rings. The normalized spacial score (nSPS) is 14.3. The number of carbonyl (C=O) groups is 4. The predicted molar refractivity (Wildman–Crippen MR) is 143 cm³/mol. The zero-order valence-corrected chi connectivity index (χ0v) is 21.8. The Balaban J connectivity index is 1.55. The molecule has 0 aromatic heterocycles. The van der Waals surface area contributed by atoms with Gasteiger partial charge in [-0.1, -0.05) is 0 Å². The molecule has 3 N–H and O–H groups in total. The monoisotopic (exact) mass is 631 g/mol. The number of aromatic hydroxyl groups is 1. The fraction of sp³-hybridized carbons (Fsp3) is 0.0769. The lowest BCUT2D eigenvalue weighted by molar-refractivity contribution is -0.122. The van der Waals surface area contributed by atoms with Gasteiger partial charge < -0.3 is 19.9 Å². The maximum absolute atomic E-state index is 13.1. The molecule has 0 atom stereocenters. The van der Waals surface area contributed by atoms with E-state index in [0.29, 0.717) is 14.8 Å². The summed E-state index contributed by atoms with van der Waals surface area (Å²) in [7, 11) is 1.39. The van der Waals surface area contributed by atoms with Gasteiger partial charge in [0.05, 0.1) is 16.4 Å². The van der Waals surface area contributed by atoms with Crippen molar-refractivity contribution in [2.75, 3.05) is 23.9 Å². The molecule has 1 heterocycles. The maximum atomic E-state index is 13.1. The molecular formula is C26H19FIN3O7. The van der Waals surface area contributed by atoms with E-state index in [4.69, 9.17) is 9.47 Å². The number of imide groups is 2. The number of hydrogen-bond donors (Lipinski definition) is 3. The van der Waals surface area contributed by atoms with Crippen LogP contribution in [0.1, 0.15) is 5.56 Å². The molecule has 0 aliphatic carbocycles. The Kier molecular flexibility index (Phi) is 7.90. The van der Waals surface area contributed by atoms with E-state index in [2.05, 4.69) is 10.6 Å². The summed E-state index contributed by atoms with van der Waals surface area (Å²) in [5, 5.41) is 14.2. The molecule has 1 saturated heterocycles. The second-order valence-electron chi connectivity index (χ2n) is 7.85. The van der Waals surface area contributed by atoms with Crippen LogP contribution in [0.4, 0.5) is 20.6 Å². The average molecular weight is 631 g/mol. The lowest BCUT2D eigenvalue weighted by Crippen LogP contribution is -2.54. The molecule has 194 valence electrons. The number of hydrogen-bond acceptors (Lipinski definition) is 7. The van der Waals surface area contributed by atoms with Crippen molar-refractivity contribution < 1.29 is 38.1 Å². The highest BCUT2D eigenvalue weighted by molar-refractivity contribution is 14.1. The van der Waals surface area contributed by atoms with Crippen molar-refractivity contribution >= 4 is 63.8 Å². The van der Waals surface area contributed by atoms with Crippen LogP contribution in [-0.4, -0.2) is 42.6 Å². The first-order valence-corrected chi connectivity index (χ1v) is 12.0. The van der Waals surface area contributed by atoms with Gasteiger partial charge in [0, 0.05) is 5.69 Å². The van der Waals surface area contributed by atoms with E-state index in [-0.39, 0.29) is 35.1 Å². The summed E-state index contributed by atoms with van der Waals surface area (Å²) in [4.78, 5) is 51.0. The number of barbiturate groups is 1. The standard InChI is InChI=1S/C26H19FIN3O7/c1-37-21-12-14(11-20(28)23(21)38-13-22(33)29-16-4-2-15(27)3-5-16)10-19-24(34)30-26(36)31(25(19)35)17-6-8-18(32)9-7-17/h2-12,32H,13H2,1H3,(H,29,33)(H,30,34,36)/b19-10-. The highest BCUT2D eigenvalue weighted by Gasteiger charge is 2.36. The first-order chi connectivity index (χ1) is 18.2. The lowest BCUT2D eigenvalue weighted by atomic mass is 10.1. The Morgan fingerprint density at radius 1 is 1.11 bits per heavy atom. The highest BCUT2D eigenvalue weighted by atomic mass is 127. The number of carbonyl (C=O) groups excluding carboxylic acids is 4. The van der Waals surface area contributed by atoms with Crippen molar-refractivity contribution in [2.45, 2.75) is 0 Å². The van der Waals surface area contributed by atoms with Gasteiger partial charge in [-0.05, 0) is 94.9 Å². The number of nitrogens with one attached hydrogen (secondary N) is 2. The van der Waals surface area contributed by atoms with Crippen LogP contribution in [0.25, 0.3) is 6.08 Å². The van der Waals surface area contributed by atoms with Gasteiger partial charge >= 0.3 is 6.03 Å². The minimum atomic E-state index is -0.919. The number of anilines is 2. The molecule has 3 aromatic carbocycles. The van der Waals surface area contributed by atoms with Crippen molar-refractivity contribution in [3.63, 3.8) is 0 Å². The van der Waals surface area contributed by atoms with Crippen LogP contribution in [0.15, 0.2) is 66.2 Å². The largest absolute Gasteiger partial charge is 0.508 e. The van der Waals surface area contributed by atoms with Crippen LogP contribution in [0.5, 0.6) is 17.2 Å². The van der Waals surface area contributed by atoms with Crippen LogP contribution in [0, 0.1) is 9.39 Å². The number of urea groups is 1. The SMILES string of the molecule is COc1cc(/C=C2/C(=O)NC(=O)N(c3ccc(O)cc3)C2=O)cc(I)c1OCC(=O)Nc1ccc(F)cc1. The van der Waals surface area contributed by atoms with Crippen LogP contribution in [0.2, 0.25) is 0 Å². The third kappa shape index (κ3) is 5.91. The number of ether oxygens (including phenoxy) is 2. The maximum Gasteiger partial charge on any atom is 0.335 e. The van der Waals surface area contributed by atoms with Crippen LogP contribution < -0.4 is 25.0 Å². The third-order valence-electron chi connectivity index (χ3n) is 5.25. The van der Waals surface area contributed by atoms with E-state index in [0.717, 1.165) is 4.90 Å². The second kappa shape index (κ2) is 11.3. The molecule has 1 aliphatic rings. The minimum absolute atomic E-state index is 0.0534. The summed E-state index contributed by atoms with van der Waals surface area (Å²) in [6, 6.07) is 12.8. The lowest BCUT2D eigenvalue weighted by Gasteiger charge is -2.26. The summed E-state index contributed by atoms with van der Waals surface area (Å²) in [6.07, 6.45) is 1.30. The molecule has 1 fully saturated rings. The van der Waals surface area contributed by atoms with E-state index < -0.39 is 29.6 Å². The van der Waals surface area contributed by atoms with E-state index in [1.807, 2.05) is 22.6 Å². The smallest absolute Gasteiger partial charge is 0.335 e. The molecule has 0 radical (unpaired) electrons. The molecular weight excluding hydrogens is 612 g/mol. The Morgan fingerprint density at radius 3 is 2.45 bits per heavy atom. The minimum Gasteiger partial charge on any atom is -0.508 e. The van der Waals surface area contributed by atoms with Crippen LogP contribution >= 0.6 is 22.6 Å². The van der Waals surface area contributed by atoms with Crippen molar-refractivity contribution in [3.8, 4) is 17.2 Å². The number of rotatable bonds is 7. The topological polar surface area (TPSA) is 134 Å². The summed E-state index contributed by atoms with van der Waals surface area (Å²) >= 11 is 1.95. The number of halogens is 2. The van der Waals surface area contributed by atoms with Gasteiger partial charge in [0.15, 0.2) is 18.1 Å². The number of nitrogens with zero attached hydrogens (tertiary/aromatic N) is 1. The fourth-order valence-corrected chi connectivity index (χ4v) is 4.27. The van der Waals surface area contributed by atoms with Gasteiger partial charge in [-0.15, -0.1) is 0 Å². The van der Waals surface area contributed by atoms with Gasteiger partial charge in [-0.3, -0.25) is 19.7 Å². The number of phenols is 1. The summed E-state index contributed by atoms with van der Waals surface area (Å²) in [5.41, 5.74) is 0.660. The zero-order chi connectivity index (χ0) is 27.4. The molecule has 4 rings (SSSR count). The molecule has 38 heavy (non-hydrogen) atoms. The predicted octanol–water partition coefficient (Wildman–Crippen LogP) is 3.83. The molecule has 0 spiro atoms. The zero-order valence-electron chi connectivity index (χ0n) is 19.7. The van der Waals surface area contributed by atoms with Crippen molar-refractivity contribution in [1.29, 1.82) is 0 Å². The van der Waals surface area contributed by atoms with E-state index >= 15 is 0 Å². The van der Waals surface area contributed by atoms with Gasteiger partial charge in [0.2, 0.25) is 0 Å². The van der Waals surface area contributed by atoms with Gasteiger partial charge in [-0.25, -0.2) is 14.1 Å². The number of methoxy groups -OCH3 is 1. The number of benzene rings is 3. The molecule has 10 nitrogen and oxygen atoms in total. The van der Waals surface area contributed by atoms with Gasteiger partial charge in [0.1, 0.15) is 17.1 Å². The third-order valence-corrected chi connectivity index (χ3v) is 6.05. The summed E-state index contributed by atoms with van der Waals surface area (Å²) in [6.45, 7) is -0.366.